The average molecular weight is 613 g/mol. The van der Waals surface area contributed by atoms with Crippen LogP contribution in [0.15, 0.2) is 54.6 Å². The van der Waals surface area contributed by atoms with Gasteiger partial charge in [-0.3, -0.25) is 8.98 Å². The molecule has 0 saturated carbocycles. The first kappa shape index (κ1) is 29.7. The Balaban J connectivity index is 1.49. The number of amides is 2. The van der Waals surface area contributed by atoms with Crippen molar-refractivity contribution >= 4 is 33.8 Å². The quantitative estimate of drug-likeness (QED) is 0.236. The Labute approximate surface area is 246 Å². The summed E-state index contributed by atoms with van der Waals surface area (Å²) < 4.78 is 45.0. The molecule has 1 unspecified atom stereocenters. The van der Waals surface area contributed by atoms with Crippen LogP contribution in [0.2, 0.25) is 0 Å². The first-order valence-electron chi connectivity index (χ1n) is 12.9. The summed E-state index contributed by atoms with van der Waals surface area (Å²) in [6.07, 6.45) is -0.176. The highest BCUT2D eigenvalue weighted by molar-refractivity contribution is 7.85. The fourth-order valence-electron chi connectivity index (χ4n) is 4.84. The fraction of sp³-hybridized carbons (Fsp3) is 0.276. The molecule has 2 aliphatic rings. The van der Waals surface area contributed by atoms with Crippen molar-refractivity contribution in [1.29, 1.82) is 0 Å². The summed E-state index contributed by atoms with van der Waals surface area (Å²) in [5, 5.41) is 25.0. The first-order valence-corrected chi connectivity index (χ1v) is 14.7. The van der Waals surface area contributed by atoms with Gasteiger partial charge in [0.05, 0.1) is 18.4 Å². The molecule has 0 aromatic heterocycles. The Morgan fingerprint density at radius 1 is 0.953 bits per heavy atom. The molecule has 226 valence electrons. The van der Waals surface area contributed by atoms with Crippen LogP contribution in [-0.4, -0.2) is 61.1 Å². The van der Waals surface area contributed by atoms with Crippen LogP contribution in [0, 0.1) is 0 Å². The van der Waals surface area contributed by atoms with Crippen molar-refractivity contribution < 1.29 is 51.4 Å². The molecule has 43 heavy (non-hydrogen) atoms. The van der Waals surface area contributed by atoms with Gasteiger partial charge in [0.2, 0.25) is 5.91 Å². The number of carbonyl (C=O) groups is 3. The van der Waals surface area contributed by atoms with E-state index in [-0.39, 0.29) is 34.2 Å². The zero-order chi connectivity index (χ0) is 31.3. The van der Waals surface area contributed by atoms with E-state index in [1.165, 1.54) is 36.4 Å². The van der Waals surface area contributed by atoms with Crippen LogP contribution in [0.1, 0.15) is 47.8 Å². The van der Waals surface area contributed by atoms with Gasteiger partial charge in [-0.1, -0.05) is 6.07 Å². The second-order valence-corrected chi connectivity index (χ2v) is 12.6. The minimum absolute atomic E-state index is 0.0884. The minimum Gasteiger partial charge on any atom is -0.508 e. The molecular weight excluding hydrogens is 584 g/mol. The lowest BCUT2D eigenvalue weighted by atomic mass is 9.77. The molecule has 1 spiro atoms. The van der Waals surface area contributed by atoms with Crippen molar-refractivity contribution in [3.63, 3.8) is 0 Å². The molecule has 1 atom stereocenters. The smallest absolute Gasteiger partial charge is 0.408 e. The van der Waals surface area contributed by atoms with E-state index in [1.807, 2.05) is 0 Å². The number of aromatic hydroxyl groups is 2. The normalized spacial score (nSPS) is 15.3. The second kappa shape index (κ2) is 10.5. The molecule has 13 nitrogen and oxygen atoms in total. The number of fused-ring (bicyclic) bond motifs is 6. The van der Waals surface area contributed by atoms with Gasteiger partial charge in [-0.05, 0) is 57.2 Å². The lowest BCUT2D eigenvalue weighted by molar-refractivity contribution is -0.118. The van der Waals surface area contributed by atoms with E-state index in [4.69, 9.17) is 18.4 Å². The predicted octanol–water partition coefficient (Wildman–Crippen LogP) is 3.47. The van der Waals surface area contributed by atoms with Gasteiger partial charge in [-0.2, -0.15) is 8.42 Å². The summed E-state index contributed by atoms with van der Waals surface area (Å²) in [7, 11) is -3.96. The SMILES string of the molecule is CC(C)(C)OC(=O)NC(COS(C)(=O)=O)C(=O)Nc1ccc2c(c1)C(=O)OC21c2ccc(O)cc2Oc2cc(O)ccc21. The van der Waals surface area contributed by atoms with Crippen LogP contribution >= 0.6 is 0 Å². The predicted molar refractivity (Wildman–Crippen MR) is 151 cm³/mol. The molecule has 0 radical (unpaired) electrons. The Kier molecular flexibility index (Phi) is 7.22. The summed E-state index contributed by atoms with van der Waals surface area (Å²) in [6.45, 7) is 4.14. The van der Waals surface area contributed by atoms with Gasteiger partial charge in [0.25, 0.3) is 10.1 Å². The number of phenols is 2. The van der Waals surface area contributed by atoms with Crippen molar-refractivity contribution in [3.8, 4) is 23.0 Å². The van der Waals surface area contributed by atoms with Gasteiger partial charge in [-0.25, -0.2) is 9.59 Å². The standard InChI is InChI=1S/C29H28N2O11S/c1-28(2,3)42-27(36)31-22(14-39-43(4,37)38)25(34)30-15-5-8-19-18(11-15)26(35)41-29(19)20-9-6-16(32)12-23(20)40-24-13-17(33)7-10-21(24)29/h5-13,22,32-33H,14H2,1-4H3,(H,30,34)(H,31,36). The van der Waals surface area contributed by atoms with Gasteiger partial charge in [0.1, 0.15) is 34.6 Å². The van der Waals surface area contributed by atoms with E-state index in [0.29, 0.717) is 16.7 Å². The number of carbonyl (C=O) groups excluding carboxylic acids is 3. The van der Waals surface area contributed by atoms with E-state index >= 15 is 0 Å². The third-order valence-electron chi connectivity index (χ3n) is 6.50. The molecule has 4 N–H and O–H groups in total. The molecule has 14 heteroatoms. The van der Waals surface area contributed by atoms with Gasteiger partial charge in [0.15, 0.2) is 5.60 Å². The molecule has 2 heterocycles. The number of benzene rings is 3. The number of anilines is 1. The Morgan fingerprint density at radius 3 is 2.09 bits per heavy atom. The molecular formula is C29H28N2O11S. The zero-order valence-corrected chi connectivity index (χ0v) is 24.3. The number of ether oxygens (including phenoxy) is 3. The number of rotatable bonds is 6. The summed E-state index contributed by atoms with van der Waals surface area (Å²) in [5.74, 6) is -1.33. The van der Waals surface area contributed by atoms with Crippen LogP contribution in [0.3, 0.4) is 0 Å². The lowest BCUT2D eigenvalue weighted by Crippen LogP contribution is -2.48. The molecule has 0 aliphatic carbocycles. The highest BCUT2D eigenvalue weighted by Gasteiger charge is 2.53. The number of nitrogens with one attached hydrogen (secondary N) is 2. The van der Waals surface area contributed by atoms with E-state index < -0.39 is 51.9 Å². The molecule has 0 fully saturated rings. The van der Waals surface area contributed by atoms with E-state index in [2.05, 4.69) is 10.6 Å². The molecule has 3 aromatic carbocycles. The summed E-state index contributed by atoms with van der Waals surface area (Å²) >= 11 is 0. The van der Waals surface area contributed by atoms with Crippen molar-refractivity contribution in [1.82, 2.24) is 5.32 Å². The molecule has 5 rings (SSSR count). The van der Waals surface area contributed by atoms with E-state index in [1.54, 1.807) is 39.0 Å². The summed E-state index contributed by atoms with van der Waals surface area (Å²) in [4.78, 5) is 38.8. The van der Waals surface area contributed by atoms with Gasteiger partial charge in [-0.15, -0.1) is 0 Å². The number of phenolic OH excluding ortho intramolecular Hbond substituents is 2. The minimum atomic E-state index is -3.96. The van der Waals surface area contributed by atoms with Gasteiger partial charge in [0, 0.05) is 34.5 Å². The summed E-state index contributed by atoms with van der Waals surface area (Å²) in [5.41, 5.74) is -0.902. The molecule has 0 saturated heterocycles. The van der Waals surface area contributed by atoms with E-state index in [9.17, 15) is 33.0 Å². The fourth-order valence-corrected chi connectivity index (χ4v) is 5.22. The number of hydrogen-bond acceptors (Lipinski definition) is 11. The van der Waals surface area contributed by atoms with E-state index in [0.717, 1.165) is 6.26 Å². The van der Waals surface area contributed by atoms with Crippen molar-refractivity contribution in [3.05, 3.63) is 76.9 Å². The third kappa shape index (κ3) is 5.92. The zero-order valence-electron chi connectivity index (χ0n) is 23.5. The van der Waals surface area contributed by atoms with Crippen molar-refractivity contribution in [2.75, 3.05) is 18.2 Å². The third-order valence-corrected chi connectivity index (χ3v) is 7.06. The molecule has 3 aromatic rings. The van der Waals surface area contributed by atoms with Crippen molar-refractivity contribution in [2.24, 2.45) is 0 Å². The maximum atomic E-state index is 13.3. The van der Waals surface area contributed by atoms with Crippen LogP contribution in [0.4, 0.5) is 10.5 Å². The number of esters is 1. The van der Waals surface area contributed by atoms with Crippen molar-refractivity contribution in [2.45, 2.75) is 38.0 Å². The van der Waals surface area contributed by atoms with Crippen LogP contribution in [-0.2, 0) is 34.2 Å². The largest absolute Gasteiger partial charge is 0.508 e. The lowest BCUT2D eigenvalue weighted by Gasteiger charge is -2.36. The first-order chi connectivity index (χ1) is 20.1. The maximum Gasteiger partial charge on any atom is 0.408 e. The Hall–Kier alpha value is -4.82. The highest BCUT2D eigenvalue weighted by Crippen LogP contribution is 2.57. The number of alkyl carbamates (subject to hydrolysis) is 1. The second-order valence-electron chi connectivity index (χ2n) is 11.0. The van der Waals surface area contributed by atoms with Gasteiger partial charge < -0.3 is 35.1 Å². The monoisotopic (exact) mass is 612 g/mol. The molecule has 2 aliphatic heterocycles. The molecule has 0 bridgehead atoms. The molecule has 2 amide bonds. The van der Waals surface area contributed by atoms with Crippen LogP contribution in [0.5, 0.6) is 23.0 Å². The summed E-state index contributed by atoms with van der Waals surface area (Å²) in [6, 6.07) is 11.7. The average Bonchev–Trinajstić information content (AvgIpc) is 3.16. The van der Waals surface area contributed by atoms with Gasteiger partial charge >= 0.3 is 12.1 Å². The Morgan fingerprint density at radius 2 is 1.53 bits per heavy atom. The Bertz CT molecular complexity index is 1710. The van der Waals surface area contributed by atoms with Crippen LogP contribution < -0.4 is 15.4 Å². The maximum absolute atomic E-state index is 13.3. The highest BCUT2D eigenvalue weighted by atomic mass is 32.2. The number of hydrogen-bond donors (Lipinski definition) is 4. The van der Waals surface area contributed by atoms with Crippen LogP contribution in [0.25, 0.3) is 0 Å². The topological polar surface area (TPSA) is 187 Å².